The lowest BCUT2D eigenvalue weighted by Crippen LogP contribution is -2.35. The molecule has 0 aliphatic rings. The SMILES string of the molecule is C[C@H](OC(=O)c1cccnc1Cl)C(=O)NCc1ccco1. The van der Waals surface area contributed by atoms with E-state index in [-0.39, 0.29) is 17.3 Å². The molecule has 0 aliphatic heterocycles. The third-order valence-electron chi connectivity index (χ3n) is 2.65. The maximum absolute atomic E-state index is 11.9. The largest absolute Gasteiger partial charge is 0.467 e. The van der Waals surface area contributed by atoms with Crippen LogP contribution in [0.4, 0.5) is 0 Å². The molecule has 0 spiro atoms. The molecule has 0 saturated heterocycles. The van der Waals surface area contributed by atoms with Crippen molar-refractivity contribution >= 4 is 23.5 Å². The highest BCUT2D eigenvalue weighted by Gasteiger charge is 2.20. The number of furan rings is 1. The molecule has 1 atom stereocenters. The van der Waals surface area contributed by atoms with Gasteiger partial charge in [0.1, 0.15) is 10.9 Å². The molecular formula is C14H13ClN2O4. The Kier molecular flexibility index (Phi) is 4.94. The van der Waals surface area contributed by atoms with Gasteiger partial charge in [-0.3, -0.25) is 4.79 Å². The van der Waals surface area contributed by atoms with Crippen molar-refractivity contribution in [3.8, 4) is 0 Å². The number of amides is 1. The van der Waals surface area contributed by atoms with E-state index in [0.29, 0.717) is 5.76 Å². The Hall–Kier alpha value is -2.34. The molecular weight excluding hydrogens is 296 g/mol. The summed E-state index contributed by atoms with van der Waals surface area (Å²) in [4.78, 5) is 27.5. The van der Waals surface area contributed by atoms with Crippen molar-refractivity contribution in [1.29, 1.82) is 0 Å². The van der Waals surface area contributed by atoms with E-state index in [1.807, 2.05) is 0 Å². The summed E-state index contributed by atoms with van der Waals surface area (Å²) >= 11 is 5.79. The summed E-state index contributed by atoms with van der Waals surface area (Å²) in [5.41, 5.74) is 0.116. The molecule has 1 N–H and O–H groups in total. The van der Waals surface area contributed by atoms with Gasteiger partial charge < -0.3 is 14.5 Å². The highest BCUT2D eigenvalue weighted by molar-refractivity contribution is 6.32. The van der Waals surface area contributed by atoms with Crippen molar-refractivity contribution in [2.45, 2.75) is 19.6 Å². The summed E-state index contributed by atoms with van der Waals surface area (Å²) < 4.78 is 10.1. The lowest BCUT2D eigenvalue weighted by molar-refractivity contribution is -0.129. The van der Waals surface area contributed by atoms with Crippen molar-refractivity contribution in [2.24, 2.45) is 0 Å². The second kappa shape index (κ2) is 6.90. The maximum atomic E-state index is 11.9. The van der Waals surface area contributed by atoms with Gasteiger partial charge in [0.05, 0.1) is 18.4 Å². The maximum Gasteiger partial charge on any atom is 0.342 e. The van der Waals surface area contributed by atoms with Gasteiger partial charge in [0.25, 0.3) is 5.91 Å². The zero-order valence-electron chi connectivity index (χ0n) is 11.2. The second-order valence-electron chi connectivity index (χ2n) is 4.19. The van der Waals surface area contributed by atoms with E-state index in [4.69, 9.17) is 20.8 Å². The third kappa shape index (κ3) is 4.06. The number of nitrogens with zero attached hydrogens (tertiary/aromatic N) is 1. The van der Waals surface area contributed by atoms with E-state index < -0.39 is 18.0 Å². The Labute approximate surface area is 126 Å². The molecule has 0 bridgehead atoms. The molecule has 0 fully saturated rings. The zero-order valence-corrected chi connectivity index (χ0v) is 12.0. The number of hydrogen-bond donors (Lipinski definition) is 1. The lowest BCUT2D eigenvalue weighted by atomic mass is 10.3. The zero-order chi connectivity index (χ0) is 15.2. The Morgan fingerprint density at radius 3 is 2.90 bits per heavy atom. The highest BCUT2D eigenvalue weighted by atomic mass is 35.5. The van der Waals surface area contributed by atoms with Gasteiger partial charge in [0.15, 0.2) is 6.10 Å². The van der Waals surface area contributed by atoms with Crippen LogP contribution in [0.25, 0.3) is 0 Å². The monoisotopic (exact) mass is 308 g/mol. The average Bonchev–Trinajstić information content (AvgIpc) is 2.98. The molecule has 110 valence electrons. The minimum absolute atomic E-state index is 0.0330. The Morgan fingerprint density at radius 2 is 2.24 bits per heavy atom. The number of ether oxygens (including phenoxy) is 1. The van der Waals surface area contributed by atoms with Gasteiger partial charge in [-0.05, 0) is 31.2 Å². The van der Waals surface area contributed by atoms with Crippen LogP contribution < -0.4 is 5.32 Å². The quantitative estimate of drug-likeness (QED) is 0.676. The van der Waals surface area contributed by atoms with E-state index >= 15 is 0 Å². The minimum atomic E-state index is -0.955. The Balaban J connectivity index is 1.88. The predicted molar refractivity (Wildman–Crippen MR) is 74.7 cm³/mol. The van der Waals surface area contributed by atoms with Crippen LogP contribution in [0.1, 0.15) is 23.0 Å². The van der Waals surface area contributed by atoms with Crippen molar-refractivity contribution < 1.29 is 18.7 Å². The van der Waals surface area contributed by atoms with Gasteiger partial charge >= 0.3 is 5.97 Å². The number of esters is 1. The number of halogens is 1. The smallest absolute Gasteiger partial charge is 0.342 e. The first-order valence-electron chi connectivity index (χ1n) is 6.19. The summed E-state index contributed by atoms with van der Waals surface area (Å²) in [5.74, 6) is -0.523. The summed E-state index contributed by atoms with van der Waals surface area (Å²) in [6.07, 6.45) is 2.01. The number of aromatic nitrogens is 1. The van der Waals surface area contributed by atoms with E-state index in [2.05, 4.69) is 10.3 Å². The Bertz CT molecular complexity index is 628. The first kappa shape index (κ1) is 15.1. The summed E-state index contributed by atoms with van der Waals surface area (Å²) in [5, 5.41) is 2.63. The molecule has 2 aromatic heterocycles. The molecule has 6 nitrogen and oxygen atoms in total. The number of nitrogens with one attached hydrogen (secondary N) is 1. The van der Waals surface area contributed by atoms with Gasteiger partial charge in [-0.25, -0.2) is 9.78 Å². The number of pyridine rings is 1. The van der Waals surface area contributed by atoms with Crippen molar-refractivity contribution in [3.05, 3.63) is 53.2 Å². The summed E-state index contributed by atoms with van der Waals surface area (Å²) in [6.45, 7) is 1.70. The molecule has 0 unspecified atom stereocenters. The highest BCUT2D eigenvalue weighted by Crippen LogP contribution is 2.13. The van der Waals surface area contributed by atoms with Crippen LogP contribution in [0.15, 0.2) is 41.1 Å². The molecule has 2 rings (SSSR count). The van der Waals surface area contributed by atoms with Gasteiger partial charge in [-0.2, -0.15) is 0 Å². The third-order valence-corrected chi connectivity index (χ3v) is 2.95. The van der Waals surface area contributed by atoms with Crippen LogP contribution in [-0.4, -0.2) is 23.0 Å². The van der Waals surface area contributed by atoms with Gasteiger partial charge in [-0.15, -0.1) is 0 Å². The molecule has 7 heteroatoms. The first-order valence-corrected chi connectivity index (χ1v) is 6.57. The molecule has 0 aliphatic carbocycles. The fourth-order valence-corrected chi connectivity index (χ4v) is 1.74. The standard InChI is InChI=1S/C14H13ClN2O4/c1-9(13(18)17-8-10-4-3-7-20-10)21-14(19)11-5-2-6-16-12(11)15/h2-7,9H,8H2,1H3,(H,17,18)/t9-/m0/s1. The second-order valence-corrected chi connectivity index (χ2v) is 4.54. The van der Waals surface area contributed by atoms with E-state index in [1.165, 1.54) is 25.5 Å². The fraction of sp³-hybridized carbons (Fsp3) is 0.214. The van der Waals surface area contributed by atoms with Crippen LogP contribution in [0.2, 0.25) is 5.15 Å². The van der Waals surface area contributed by atoms with Crippen LogP contribution in [0.5, 0.6) is 0 Å². The summed E-state index contributed by atoms with van der Waals surface area (Å²) in [6, 6.07) is 6.48. The fourth-order valence-electron chi connectivity index (χ4n) is 1.55. The normalized spacial score (nSPS) is 11.7. The molecule has 0 radical (unpaired) electrons. The number of carbonyl (C=O) groups excluding carboxylic acids is 2. The molecule has 0 saturated carbocycles. The lowest BCUT2D eigenvalue weighted by Gasteiger charge is -2.13. The Morgan fingerprint density at radius 1 is 1.43 bits per heavy atom. The average molecular weight is 309 g/mol. The van der Waals surface area contributed by atoms with Crippen molar-refractivity contribution in [2.75, 3.05) is 0 Å². The van der Waals surface area contributed by atoms with Gasteiger partial charge in [0.2, 0.25) is 0 Å². The number of carbonyl (C=O) groups is 2. The van der Waals surface area contributed by atoms with Crippen LogP contribution in [-0.2, 0) is 16.1 Å². The van der Waals surface area contributed by atoms with Gasteiger partial charge in [0, 0.05) is 6.20 Å². The molecule has 0 aromatic carbocycles. The van der Waals surface area contributed by atoms with Crippen molar-refractivity contribution in [1.82, 2.24) is 10.3 Å². The van der Waals surface area contributed by atoms with Crippen LogP contribution >= 0.6 is 11.6 Å². The molecule has 21 heavy (non-hydrogen) atoms. The summed E-state index contributed by atoms with van der Waals surface area (Å²) in [7, 11) is 0. The van der Waals surface area contributed by atoms with E-state index in [0.717, 1.165) is 0 Å². The van der Waals surface area contributed by atoms with Crippen LogP contribution in [0, 0.1) is 0 Å². The van der Waals surface area contributed by atoms with Crippen LogP contribution in [0.3, 0.4) is 0 Å². The van der Waals surface area contributed by atoms with Gasteiger partial charge in [-0.1, -0.05) is 11.6 Å². The first-order chi connectivity index (χ1) is 10.1. The molecule has 1 amide bonds. The number of hydrogen-bond acceptors (Lipinski definition) is 5. The van der Waals surface area contributed by atoms with Crippen molar-refractivity contribution in [3.63, 3.8) is 0 Å². The van der Waals surface area contributed by atoms with E-state index in [9.17, 15) is 9.59 Å². The molecule has 2 aromatic rings. The minimum Gasteiger partial charge on any atom is -0.467 e. The van der Waals surface area contributed by atoms with E-state index in [1.54, 1.807) is 18.2 Å². The predicted octanol–water partition coefficient (Wildman–Crippen LogP) is 2.19. The topological polar surface area (TPSA) is 81.4 Å². The molecule has 2 heterocycles. The number of rotatable bonds is 5.